The summed E-state index contributed by atoms with van der Waals surface area (Å²) in [5.41, 5.74) is 0.534. The van der Waals surface area contributed by atoms with Gasteiger partial charge in [-0.05, 0) is 50.1 Å². The molecule has 2 N–H and O–H groups in total. The third-order valence-corrected chi connectivity index (χ3v) is 5.88. The monoisotopic (exact) mass is 453 g/mol. The standard InChI is InChI=1S/C21H31N3O3.BrH/c1-2-12-23-13-15-24(16-14-23)18-8-6-17(7-9-18)19(25)22-21(20(26)27)10-4-3-5-11-21;/h6-9H,2-5,10-16H2,1H3,(H,22,25)(H,26,27);1H. The van der Waals surface area contributed by atoms with Crippen molar-refractivity contribution in [2.24, 2.45) is 0 Å². The first-order chi connectivity index (χ1) is 13.0. The first kappa shape index (κ1) is 22.7. The molecule has 6 nitrogen and oxygen atoms in total. The lowest BCUT2D eigenvalue weighted by Gasteiger charge is -2.36. The average Bonchev–Trinajstić information content (AvgIpc) is 2.69. The van der Waals surface area contributed by atoms with Gasteiger partial charge in [0.15, 0.2) is 0 Å². The van der Waals surface area contributed by atoms with E-state index in [2.05, 4.69) is 22.0 Å². The van der Waals surface area contributed by atoms with Gasteiger partial charge in [0.2, 0.25) is 0 Å². The second-order valence-electron chi connectivity index (χ2n) is 7.78. The summed E-state index contributed by atoms with van der Waals surface area (Å²) in [5.74, 6) is -1.21. The van der Waals surface area contributed by atoms with E-state index < -0.39 is 11.5 Å². The molecule has 1 heterocycles. The van der Waals surface area contributed by atoms with Crippen LogP contribution in [0, 0.1) is 0 Å². The Morgan fingerprint density at radius 3 is 2.18 bits per heavy atom. The first-order valence-corrected chi connectivity index (χ1v) is 10.2. The molecule has 1 amide bonds. The van der Waals surface area contributed by atoms with E-state index in [4.69, 9.17) is 0 Å². The molecule has 0 bridgehead atoms. The Bertz CT molecular complexity index is 651. The molecule has 2 fully saturated rings. The fraction of sp³-hybridized carbons (Fsp3) is 0.619. The number of anilines is 1. The summed E-state index contributed by atoms with van der Waals surface area (Å²) in [4.78, 5) is 29.2. The van der Waals surface area contributed by atoms with Crippen molar-refractivity contribution >= 4 is 34.5 Å². The van der Waals surface area contributed by atoms with Crippen LogP contribution < -0.4 is 10.2 Å². The maximum Gasteiger partial charge on any atom is 0.329 e. The highest BCUT2D eigenvalue weighted by molar-refractivity contribution is 8.93. The van der Waals surface area contributed by atoms with E-state index in [0.29, 0.717) is 18.4 Å². The number of carboxylic acids is 1. The lowest BCUT2D eigenvalue weighted by molar-refractivity contribution is -0.145. The third-order valence-electron chi connectivity index (χ3n) is 5.88. The molecular formula is C21H32BrN3O3. The second-order valence-corrected chi connectivity index (χ2v) is 7.78. The van der Waals surface area contributed by atoms with E-state index in [1.54, 1.807) is 0 Å². The van der Waals surface area contributed by atoms with E-state index in [1.165, 1.54) is 6.42 Å². The maximum absolute atomic E-state index is 12.6. The molecule has 3 rings (SSSR count). The minimum atomic E-state index is -1.11. The summed E-state index contributed by atoms with van der Waals surface area (Å²) in [6, 6.07) is 7.56. The van der Waals surface area contributed by atoms with Crippen molar-refractivity contribution in [3.8, 4) is 0 Å². The van der Waals surface area contributed by atoms with Gasteiger partial charge in [0.25, 0.3) is 5.91 Å². The van der Waals surface area contributed by atoms with Gasteiger partial charge in [-0.15, -0.1) is 17.0 Å². The Labute approximate surface area is 178 Å². The largest absolute Gasteiger partial charge is 0.480 e. The number of carbonyl (C=O) groups is 2. The van der Waals surface area contributed by atoms with Gasteiger partial charge in [-0.2, -0.15) is 0 Å². The molecule has 1 saturated heterocycles. The summed E-state index contributed by atoms with van der Waals surface area (Å²) < 4.78 is 0. The van der Waals surface area contributed by atoms with Crippen LogP contribution in [0.5, 0.6) is 0 Å². The Hall–Kier alpha value is -1.60. The number of piperazine rings is 1. The van der Waals surface area contributed by atoms with Gasteiger partial charge < -0.3 is 15.3 Å². The molecule has 0 aromatic heterocycles. The highest BCUT2D eigenvalue weighted by atomic mass is 79.9. The van der Waals surface area contributed by atoms with Gasteiger partial charge in [0, 0.05) is 37.4 Å². The van der Waals surface area contributed by atoms with Gasteiger partial charge in [-0.1, -0.05) is 26.2 Å². The molecule has 2 aliphatic rings. The van der Waals surface area contributed by atoms with E-state index in [1.807, 2.05) is 24.3 Å². The van der Waals surface area contributed by atoms with Crippen LogP contribution in [-0.2, 0) is 4.79 Å². The van der Waals surface area contributed by atoms with E-state index in [9.17, 15) is 14.7 Å². The molecule has 1 aromatic rings. The van der Waals surface area contributed by atoms with Crippen LogP contribution >= 0.6 is 17.0 Å². The van der Waals surface area contributed by atoms with Gasteiger partial charge in [0.1, 0.15) is 5.54 Å². The molecule has 7 heteroatoms. The average molecular weight is 454 g/mol. The van der Waals surface area contributed by atoms with Gasteiger partial charge in [-0.25, -0.2) is 4.79 Å². The number of nitrogens with zero attached hydrogens (tertiary/aromatic N) is 2. The summed E-state index contributed by atoms with van der Waals surface area (Å²) in [6.45, 7) is 7.48. The number of benzene rings is 1. The first-order valence-electron chi connectivity index (χ1n) is 10.2. The Morgan fingerprint density at radius 1 is 1.04 bits per heavy atom. The highest BCUT2D eigenvalue weighted by Crippen LogP contribution is 2.29. The van der Waals surface area contributed by atoms with Crippen LogP contribution in [0.4, 0.5) is 5.69 Å². The molecule has 1 aromatic carbocycles. The Balaban J connectivity index is 0.00000280. The number of carboxylic acid groups (broad SMARTS) is 1. The number of hydrogen-bond donors (Lipinski definition) is 2. The van der Waals surface area contributed by atoms with Crippen LogP contribution in [0.2, 0.25) is 0 Å². The molecule has 0 spiro atoms. The van der Waals surface area contributed by atoms with Gasteiger partial charge in [0.05, 0.1) is 0 Å². The summed E-state index contributed by atoms with van der Waals surface area (Å²) in [7, 11) is 0. The minimum absolute atomic E-state index is 0. The van der Waals surface area contributed by atoms with Crippen molar-refractivity contribution < 1.29 is 14.7 Å². The fourth-order valence-corrected chi connectivity index (χ4v) is 4.21. The predicted molar refractivity (Wildman–Crippen MR) is 117 cm³/mol. The zero-order valence-electron chi connectivity index (χ0n) is 16.7. The molecule has 0 radical (unpaired) electrons. The fourth-order valence-electron chi connectivity index (χ4n) is 4.21. The molecular weight excluding hydrogens is 422 g/mol. The number of aliphatic carboxylic acids is 1. The number of hydrogen-bond acceptors (Lipinski definition) is 4. The number of carbonyl (C=O) groups excluding carboxylic acids is 1. The van der Waals surface area contributed by atoms with Crippen molar-refractivity contribution in [3.63, 3.8) is 0 Å². The summed E-state index contributed by atoms with van der Waals surface area (Å²) >= 11 is 0. The lowest BCUT2D eigenvalue weighted by atomic mass is 9.81. The lowest BCUT2D eigenvalue weighted by Crippen LogP contribution is -2.55. The second kappa shape index (κ2) is 10.3. The zero-order valence-corrected chi connectivity index (χ0v) is 18.4. The van der Waals surface area contributed by atoms with E-state index in [-0.39, 0.29) is 22.9 Å². The molecule has 1 saturated carbocycles. The molecule has 1 aliphatic carbocycles. The van der Waals surface area contributed by atoms with Crippen LogP contribution in [-0.4, -0.2) is 60.1 Å². The zero-order chi connectivity index (χ0) is 19.3. The number of amides is 1. The van der Waals surface area contributed by atoms with Crippen molar-refractivity contribution in [1.29, 1.82) is 0 Å². The molecule has 156 valence electrons. The van der Waals surface area contributed by atoms with Crippen molar-refractivity contribution in [1.82, 2.24) is 10.2 Å². The predicted octanol–water partition coefficient (Wildman–Crippen LogP) is 3.31. The normalized spacial score (nSPS) is 19.5. The molecule has 0 atom stereocenters. The highest BCUT2D eigenvalue weighted by Gasteiger charge is 2.41. The van der Waals surface area contributed by atoms with Crippen molar-refractivity contribution in [2.75, 3.05) is 37.6 Å². The quantitative estimate of drug-likeness (QED) is 0.690. The number of nitrogens with one attached hydrogen (secondary N) is 1. The minimum Gasteiger partial charge on any atom is -0.480 e. The molecule has 0 unspecified atom stereocenters. The van der Waals surface area contributed by atoms with Crippen molar-refractivity contribution in [3.05, 3.63) is 29.8 Å². The van der Waals surface area contributed by atoms with E-state index in [0.717, 1.165) is 57.7 Å². The Kier molecular flexibility index (Phi) is 8.31. The van der Waals surface area contributed by atoms with Crippen LogP contribution in [0.25, 0.3) is 0 Å². The van der Waals surface area contributed by atoms with Crippen LogP contribution in [0.15, 0.2) is 24.3 Å². The smallest absolute Gasteiger partial charge is 0.329 e. The van der Waals surface area contributed by atoms with Crippen LogP contribution in [0.3, 0.4) is 0 Å². The third kappa shape index (κ3) is 5.26. The van der Waals surface area contributed by atoms with Crippen LogP contribution in [0.1, 0.15) is 55.8 Å². The van der Waals surface area contributed by atoms with Gasteiger partial charge >= 0.3 is 5.97 Å². The topological polar surface area (TPSA) is 72.9 Å². The summed E-state index contributed by atoms with van der Waals surface area (Å²) in [5, 5.41) is 12.4. The SMILES string of the molecule is Br.CCCN1CCN(c2ccc(C(=O)NC3(C(=O)O)CCCCC3)cc2)CC1. The van der Waals surface area contributed by atoms with Crippen molar-refractivity contribution in [2.45, 2.75) is 51.0 Å². The maximum atomic E-state index is 12.6. The number of rotatable bonds is 6. The molecule has 1 aliphatic heterocycles. The summed E-state index contributed by atoms with van der Waals surface area (Å²) in [6.07, 6.45) is 4.92. The number of halogens is 1. The molecule has 28 heavy (non-hydrogen) atoms. The van der Waals surface area contributed by atoms with E-state index >= 15 is 0 Å². The Morgan fingerprint density at radius 2 is 1.64 bits per heavy atom. The van der Waals surface area contributed by atoms with Gasteiger partial charge in [-0.3, -0.25) is 9.69 Å².